The molecule has 0 aliphatic rings. The van der Waals surface area contributed by atoms with Crippen molar-refractivity contribution in [2.24, 2.45) is 0 Å². The summed E-state index contributed by atoms with van der Waals surface area (Å²) in [6, 6.07) is 2.02. The lowest BCUT2D eigenvalue weighted by Gasteiger charge is -2.18. The second-order valence-electron chi connectivity index (χ2n) is 4.33. The lowest BCUT2D eigenvalue weighted by Crippen LogP contribution is -2.24. The predicted octanol–water partition coefficient (Wildman–Crippen LogP) is 2.18. The molecule has 0 unspecified atom stereocenters. The molecule has 0 saturated heterocycles. The predicted molar refractivity (Wildman–Crippen MR) is 69.6 cm³/mol. The van der Waals surface area contributed by atoms with E-state index in [1.807, 2.05) is 13.0 Å². The molecule has 0 radical (unpaired) electrons. The number of hydrogen-bond donors (Lipinski definition) is 1. The largest absolute Gasteiger partial charge is 0.360 e. The summed E-state index contributed by atoms with van der Waals surface area (Å²) >= 11 is 0. The third kappa shape index (κ3) is 5.15. The summed E-state index contributed by atoms with van der Waals surface area (Å²) < 4.78 is 5.31. The van der Waals surface area contributed by atoms with E-state index in [2.05, 4.69) is 35.8 Å². The summed E-state index contributed by atoms with van der Waals surface area (Å²) in [6.07, 6.45) is 0. The lowest BCUT2D eigenvalue weighted by molar-refractivity contribution is 0.256. The van der Waals surface area contributed by atoms with Crippen molar-refractivity contribution in [1.29, 1.82) is 0 Å². The first kappa shape index (κ1) is 13.9. The van der Waals surface area contributed by atoms with Crippen molar-refractivity contribution in [2.45, 2.75) is 33.9 Å². The summed E-state index contributed by atoms with van der Waals surface area (Å²) in [5.41, 5.74) is 2.13. The van der Waals surface area contributed by atoms with Gasteiger partial charge in [-0.3, -0.25) is 4.90 Å². The van der Waals surface area contributed by atoms with E-state index in [1.165, 1.54) is 5.57 Å². The molecule has 0 atom stereocenters. The van der Waals surface area contributed by atoms with Gasteiger partial charge in [-0.15, -0.1) is 0 Å². The molecule has 1 N–H and O–H groups in total. The zero-order chi connectivity index (χ0) is 12.7. The van der Waals surface area contributed by atoms with Gasteiger partial charge in [-0.25, -0.2) is 0 Å². The molecule has 0 amide bonds. The summed E-state index contributed by atoms with van der Waals surface area (Å²) in [5, 5.41) is 7.26. The van der Waals surface area contributed by atoms with Gasteiger partial charge in [0.05, 0.1) is 12.2 Å². The van der Waals surface area contributed by atoms with Crippen LogP contribution in [0.4, 0.5) is 0 Å². The molecule has 1 rings (SSSR count). The number of aromatic nitrogens is 1. The molecule has 4 heteroatoms. The summed E-state index contributed by atoms with van der Waals surface area (Å²) in [6.45, 7) is 14.6. The molecule has 1 heterocycles. The topological polar surface area (TPSA) is 41.3 Å². The van der Waals surface area contributed by atoms with Crippen LogP contribution in [0, 0.1) is 0 Å². The van der Waals surface area contributed by atoms with Gasteiger partial charge < -0.3 is 9.84 Å². The highest BCUT2D eigenvalue weighted by molar-refractivity contribution is 5.05. The Hall–Kier alpha value is -1.13. The highest BCUT2D eigenvalue weighted by Crippen LogP contribution is 2.08. The van der Waals surface area contributed by atoms with Crippen LogP contribution in [0.15, 0.2) is 22.7 Å². The minimum Gasteiger partial charge on any atom is -0.360 e. The number of nitrogens with zero attached hydrogens (tertiary/aromatic N) is 2. The molecular formula is C13H23N3O. The first-order chi connectivity index (χ1) is 8.15. The summed E-state index contributed by atoms with van der Waals surface area (Å²) in [4.78, 5) is 2.28. The average Bonchev–Trinajstić information content (AvgIpc) is 2.72. The molecule has 0 aliphatic carbocycles. The number of rotatable bonds is 8. The van der Waals surface area contributed by atoms with Gasteiger partial charge in [0.1, 0.15) is 0 Å². The first-order valence-corrected chi connectivity index (χ1v) is 6.17. The van der Waals surface area contributed by atoms with Crippen LogP contribution in [0.1, 0.15) is 32.2 Å². The summed E-state index contributed by atoms with van der Waals surface area (Å²) in [5.74, 6) is 0.918. The van der Waals surface area contributed by atoms with Crippen LogP contribution in [-0.2, 0) is 13.1 Å². The van der Waals surface area contributed by atoms with E-state index in [-0.39, 0.29) is 0 Å². The van der Waals surface area contributed by atoms with E-state index in [0.29, 0.717) is 0 Å². The quantitative estimate of drug-likeness (QED) is 0.704. The molecule has 0 bridgehead atoms. The monoisotopic (exact) mass is 237 g/mol. The standard InChI is InChI=1S/C13H23N3O/c1-5-14-8-12-7-13(17-15-12)10-16(6-2)9-11(3)4/h7,14H,3,5-6,8-10H2,1-2,4H3. The normalized spacial score (nSPS) is 11.1. The van der Waals surface area contributed by atoms with Crippen molar-refractivity contribution >= 4 is 0 Å². The zero-order valence-electron chi connectivity index (χ0n) is 11.1. The van der Waals surface area contributed by atoms with Crippen LogP contribution in [0.25, 0.3) is 0 Å². The molecule has 0 spiro atoms. The molecule has 1 aromatic heterocycles. The van der Waals surface area contributed by atoms with Crippen molar-refractivity contribution in [3.05, 3.63) is 29.7 Å². The fourth-order valence-corrected chi connectivity index (χ4v) is 1.65. The van der Waals surface area contributed by atoms with Crippen molar-refractivity contribution in [1.82, 2.24) is 15.4 Å². The molecule has 96 valence electrons. The van der Waals surface area contributed by atoms with Crippen molar-refractivity contribution in [3.8, 4) is 0 Å². The van der Waals surface area contributed by atoms with Crippen LogP contribution >= 0.6 is 0 Å². The van der Waals surface area contributed by atoms with E-state index in [9.17, 15) is 0 Å². The van der Waals surface area contributed by atoms with Crippen LogP contribution in [-0.4, -0.2) is 29.7 Å². The molecule has 17 heavy (non-hydrogen) atoms. The molecule has 4 nitrogen and oxygen atoms in total. The Labute approximate surface area is 104 Å². The molecule has 0 aliphatic heterocycles. The maximum atomic E-state index is 5.31. The first-order valence-electron chi connectivity index (χ1n) is 6.17. The van der Waals surface area contributed by atoms with Crippen LogP contribution < -0.4 is 5.32 Å². The smallest absolute Gasteiger partial charge is 0.151 e. The Morgan fingerprint density at radius 2 is 2.29 bits per heavy atom. The minimum atomic E-state index is 0.770. The number of hydrogen-bond acceptors (Lipinski definition) is 4. The van der Waals surface area contributed by atoms with Gasteiger partial charge in [-0.1, -0.05) is 31.2 Å². The molecule has 0 aromatic carbocycles. The molecular weight excluding hydrogens is 214 g/mol. The lowest BCUT2D eigenvalue weighted by atomic mass is 10.3. The Morgan fingerprint density at radius 1 is 1.53 bits per heavy atom. The molecule has 0 fully saturated rings. The van der Waals surface area contributed by atoms with E-state index in [1.54, 1.807) is 0 Å². The Bertz CT molecular complexity index is 346. The highest BCUT2D eigenvalue weighted by atomic mass is 16.5. The zero-order valence-corrected chi connectivity index (χ0v) is 11.1. The Morgan fingerprint density at radius 3 is 2.88 bits per heavy atom. The molecule has 0 saturated carbocycles. The Balaban J connectivity index is 2.48. The minimum absolute atomic E-state index is 0.770. The fourth-order valence-electron chi connectivity index (χ4n) is 1.65. The van der Waals surface area contributed by atoms with E-state index in [4.69, 9.17) is 4.52 Å². The van der Waals surface area contributed by atoms with Crippen LogP contribution in [0.5, 0.6) is 0 Å². The van der Waals surface area contributed by atoms with Crippen molar-refractivity contribution < 1.29 is 4.52 Å². The van der Waals surface area contributed by atoms with E-state index >= 15 is 0 Å². The van der Waals surface area contributed by atoms with Gasteiger partial charge in [0, 0.05) is 19.2 Å². The second-order valence-corrected chi connectivity index (χ2v) is 4.33. The van der Waals surface area contributed by atoms with Gasteiger partial charge in [0.25, 0.3) is 0 Å². The SMILES string of the molecule is C=C(C)CN(CC)Cc1cc(CNCC)no1. The van der Waals surface area contributed by atoms with Crippen LogP contribution in [0.2, 0.25) is 0 Å². The summed E-state index contributed by atoms with van der Waals surface area (Å²) in [7, 11) is 0. The maximum absolute atomic E-state index is 5.31. The van der Waals surface area contributed by atoms with E-state index in [0.717, 1.165) is 44.2 Å². The van der Waals surface area contributed by atoms with Gasteiger partial charge in [-0.05, 0) is 20.0 Å². The van der Waals surface area contributed by atoms with Crippen molar-refractivity contribution in [2.75, 3.05) is 19.6 Å². The maximum Gasteiger partial charge on any atom is 0.151 e. The van der Waals surface area contributed by atoms with Gasteiger partial charge in [0.2, 0.25) is 0 Å². The fraction of sp³-hybridized carbons (Fsp3) is 0.615. The van der Waals surface area contributed by atoms with Crippen LogP contribution in [0.3, 0.4) is 0 Å². The third-order valence-corrected chi connectivity index (χ3v) is 2.48. The van der Waals surface area contributed by atoms with Gasteiger partial charge in [-0.2, -0.15) is 0 Å². The van der Waals surface area contributed by atoms with Crippen molar-refractivity contribution in [3.63, 3.8) is 0 Å². The molecule has 1 aromatic rings. The van der Waals surface area contributed by atoms with Gasteiger partial charge in [0.15, 0.2) is 5.76 Å². The average molecular weight is 237 g/mol. The number of likely N-dealkylation sites (N-methyl/N-ethyl adjacent to an activating group) is 1. The number of nitrogens with one attached hydrogen (secondary N) is 1. The third-order valence-electron chi connectivity index (χ3n) is 2.48. The second kappa shape index (κ2) is 7.25. The van der Waals surface area contributed by atoms with E-state index < -0.39 is 0 Å². The highest BCUT2D eigenvalue weighted by Gasteiger charge is 2.08. The Kier molecular flexibility index (Phi) is 5.94. The van der Waals surface area contributed by atoms with Gasteiger partial charge >= 0.3 is 0 Å².